The average Bonchev–Trinajstić information content (AvgIpc) is 3.21. The quantitative estimate of drug-likeness (QED) is 0.325. The molecule has 1 amide bonds. The van der Waals surface area contributed by atoms with E-state index in [4.69, 9.17) is 39.2 Å². The van der Waals surface area contributed by atoms with E-state index in [1.54, 1.807) is 24.8 Å². The van der Waals surface area contributed by atoms with Crippen LogP contribution in [0.5, 0.6) is 0 Å². The third-order valence-corrected chi connectivity index (χ3v) is 5.23. The first kappa shape index (κ1) is 21.8. The van der Waals surface area contributed by atoms with Crippen LogP contribution < -0.4 is 32.6 Å². The molecule has 4 rings (SSSR count). The van der Waals surface area contributed by atoms with E-state index in [9.17, 15) is 4.79 Å². The van der Waals surface area contributed by atoms with Gasteiger partial charge in [-0.3, -0.25) is 4.79 Å². The number of hydrogen-bond donors (Lipinski definition) is 1. The van der Waals surface area contributed by atoms with Crippen LogP contribution in [0.25, 0.3) is 28.1 Å². The first-order chi connectivity index (χ1) is 15.3. The molecule has 2 aromatic carbocycles. The Bertz CT molecular complexity index is 1370. The summed E-state index contributed by atoms with van der Waals surface area (Å²) >= 11 is 0. The molecule has 0 saturated carbocycles. The predicted octanol–water partition coefficient (Wildman–Crippen LogP) is -1.74. The van der Waals surface area contributed by atoms with E-state index in [2.05, 4.69) is 15.3 Å². The molecule has 4 aromatic rings. The minimum atomic E-state index is -0.424. The second-order valence-electron chi connectivity index (χ2n) is 7.33. The van der Waals surface area contributed by atoms with Crippen LogP contribution in [-0.2, 0) is 11.8 Å². The second kappa shape index (κ2) is 8.62. The van der Waals surface area contributed by atoms with Gasteiger partial charge in [0.1, 0.15) is 45.0 Å². The van der Waals surface area contributed by atoms with E-state index in [1.165, 1.54) is 12.2 Å². The van der Waals surface area contributed by atoms with Gasteiger partial charge in [-0.2, -0.15) is 0 Å². The lowest BCUT2D eigenvalue weighted by molar-refractivity contribution is -0.111. The summed E-state index contributed by atoms with van der Waals surface area (Å²) in [6, 6.07) is 7.78. The third-order valence-electron chi connectivity index (χ3n) is 5.23. The molecule has 0 saturated heterocycles. The summed E-state index contributed by atoms with van der Waals surface area (Å²) < 4.78 is 1.93. The number of anilines is 1. The maximum Gasteiger partial charge on any atom is 0.249 e. The molecular weight excluding hydrogens is 390 g/mol. The van der Waals surface area contributed by atoms with Crippen molar-refractivity contribution in [3.8, 4) is 11.3 Å². The van der Waals surface area contributed by atoms with Gasteiger partial charge in [0.15, 0.2) is 0 Å². The summed E-state index contributed by atoms with van der Waals surface area (Å²) in [7, 11) is 31.4. The molecule has 10 radical (unpaired) electrons. The summed E-state index contributed by atoms with van der Waals surface area (Å²) in [5.74, 6) is -0.0287. The molecule has 1 N–H and O–H groups in total. The van der Waals surface area contributed by atoms with Crippen LogP contribution in [-0.4, -0.2) is 59.7 Å². The standard InChI is InChI=1S/C22H13B5N4O/c1-31-10-28-9-15(31)11-2-3-12-8-29-16(7-13(12)6-11)30-17(32)5-4-14-18(23)20(25)22(27)21(26)19(14)24/h2-10H,1H3,(H,29,30,32)/b5-4+. The van der Waals surface area contributed by atoms with Gasteiger partial charge in [-0.05, 0) is 23.1 Å². The Hall–Kier alpha value is -3.41. The zero-order valence-corrected chi connectivity index (χ0v) is 17.3. The van der Waals surface area contributed by atoms with Crippen LogP contribution in [0.1, 0.15) is 5.56 Å². The summed E-state index contributed by atoms with van der Waals surface area (Å²) in [5, 5.41) is 4.59. The number of carbonyl (C=O) groups excluding carboxylic acids is 1. The van der Waals surface area contributed by atoms with Crippen molar-refractivity contribution in [3.05, 3.63) is 54.6 Å². The lowest BCUT2D eigenvalue weighted by Gasteiger charge is -2.18. The lowest BCUT2D eigenvalue weighted by Crippen LogP contribution is -2.55. The number of imidazole rings is 1. The molecule has 142 valence electrons. The molecule has 0 bridgehead atoms. The SMILES string of the molecule is [B]c1c([B])c([B])c(/C=C/C(=O)Nc2cc3cc(-c4cncn4C)ccc3cn2)c([B])c1[B]. The number of aryl methyl sites for hydroxylation is 1. The number of rotatable bonds is 4. The van der Waals surface area contributed by atoms with Crippen molar-refractivity contribution >= 4 is 95.1 Å². The van der Waals surface area contributed by atoms with Gasteiger partial charge >= 0.3 is 0 Å². The van der Waals surface area contributed by atoms with Crippen LogP contribution >= 0.6 is 0 Å². The Labute approximate surface area is 192 Å². The van der Waals surface area contributed by atoms with Gasteiger partial charge in [0, 0.05) is 30.3 Å². The Morgan fingerprint density at radius 2 is 1.62 bits per heavy atom. The molecule has 5 nitrogen and oxygen atoms in total. The Balaban J connectivity index is 1.58. The molecule has 0 aliphatic heterocycles. The summed E-state index contributed by atoms with van der Waals surface area (Å²) in [4.78, 5) is 20.9. The van der Waals surface area contributed by atoms with Gasteiger partial charge in [-0.25, -0.2) is 9.97 Å². The monoisotopic (exact) mass is 404 g/mol. The van der Waals surface area contributed by atoms with Gasteiger partial charge in [-0.1, -0.05) is 29.1 Å². The molecule has 0 aliphatic carbocycles. The smallest absolute Gasteiger partial charge is 0.249 e. The van der Waals surface area contributed by atoms with E-state index in [0.29, 0.717) is 11.4 Å². The molecule has 10 heteroatoms. The molecule has 2 heterocycles. The van der Waals surface area contributed by atoms with Crippen molar-refractivity contribution in [1.29, 1.82) is 0 Å². The highest BCUT2D eigenvalue weighted by atomic mass is 16.1. The van der Waals surface area contributed by atoms with Crippen LogP contribution in [0.3, 0.4) is 0 Å². The number of amides is 1. The molecule has 0 spiro atoms. The predicted molar refractivity (Wildman–Crippen MR) is 135 cm³/mol. The number of nitrogens with zero attached hydrogens (tertiary/aromatic N) is 3. The number of carbonyl (C=O) groups is 1. The highest BCUT2D eigenvalue weighted by molar-refractivity contribution is 6.67. The summed E-state index contributed by atoms with van der Waals surface area (Å²) in [5.41, 5.74) is 2.99. The number of nitrogens with one attached hydrogen (secondary N) is 1. The summed E-state index contributed by atoms with van der Waals surface area (Å²) in [6.07, 6.45) is 7.94. The van der Waals surface area contributed by atoms with Gasteiger partial charge in [0.2, 0.25) is 5.91 Å². The lowest BCUT2D eigenvalue weighted by atomic mass is 9.60. The van der Waals surface area contributed by atoms with Crippen molar-refractivity contribution in [1.82, 2.24) is 14.5 Å². The fourth-order valence-corrected chi connectivity index (χ4v) is 3.38. The van der Waals surface area contributed by atoms with Gasteiger partial charge in [0.05, 0.1) is 18.2 Å². The highest BCUT2D eigenvalue weighted by Gasteiger charge is 2.09. The minimum absolute atomic E-state index is 0.118. The number of pyridine rings is 1. The first-order valence-electron chi connectivity index (χ1n) is 9.63. The van der Waals surface area contributed by atoms with Crippen molar-refractivity contribution < 1.29 is 4.79 Å². The Morgan fingerprint density at radius 3 is 2.28 bits per heavy atom. The number of hydrogen-bond acceptors (Lipinski definition) is 3. The maximum atomic E-state index is 12.5. The van der Waals surface area contributed by atoms with Gasteiger partial charge in [0.25, 0.3) is 0 Å². The third kappa shape index (κ3) is 4.05. The minimum Gasteiger partial charge on any atom is -0.334 e. The zero-order chi connectivity index (χ0) is 23.0. The van der Waals surface area contributed by atoms with Crippen molar-refractivity contribution in [2.45, 2.75) is 0 Å². The van der Waals surface area contributed by atoms with Gasteiger partial charge in [-0.15, -0.1) is 16.4 Å². The summed E-state index contributed by atoms with van der Waals surface area (Å²) in [6.45, 7) is 0. The number of fused-ring (bicyclic) bond motifs is 1. The topological polar surface area (TPSA) is 59.8 Å². The molecular formula is C22H13B5N4O. The van der Waals surface area contributed by atoms with Crippen molar-refractivity contribution in [2.75, 3.05) is 5.32 Å². The van der Waals surface area contributed by atoms with E-state index in [-0.39, 0.29) is 27.3 Å². The molecule has 0 aliphatic rings. The normalized spacial score (nSPS) is 11.3. The van der Waals surface area contributed by atoms with E-state index < -0.39 is 5.91 Å². The van der Waals surface area contributed by atoms with Crippen molar-refractivity contribution in [2.24, 2.45) is 7.05 Å². The van der Waals surface area contributed by atoms with Gasteiger partial charge < -0.3 is 9.88 Å². The fraction of sp³-hybridized carbons (Fsp3) is 0.0455. The van der Waals surface area contributed by atoms with E-state index >= 15 is 0 Å². The van der Waals surface area contributed by atoms with Crippen LogP contribution in [0, 0.1) is 0 Å². The molecule has 2 aromatic heterocycles. The molecule has 0 unspecified atom stereocenters. The van der Waals surface area contributed by atoms with Crippen LogP contribution in [0.4, 0.5) is 5.82 Å². The fourth-order valence-electron chi connectivity index (χ4n) is 3.38. The Morgan fingerprint density at radius 1 is 0.938 bits per heavy atom. The molecule has 32 heavy (non-hydrogen) atoms. The Kier molecular flexibility index (Phi) is 5.87. The van der Waals surface area contributed by atoms with Crippen molar-refractivity contribution in [3.63, 3.8) is 0 Å². The zero-order valence-electron chi connectivity index (χ0n) is 17.3. The van der Waals surface area contributed by atoms with Crippen LogP contribution in [0.15, 0.2) is 49.1 Å². The first-order valence-corrected chi connectivity index (χ1v) is 9.63. The molecule has 0 atom stereocenters. The highest BCUT2D eigenvalue weighted by Crippen LogP contribution is 2.25. The maximum absolute atomic E-state index is 12.5. The number of benzene rings is 2. The largest absolute Gasteiger partial charge is 0.334 e. The van der Waals surface area contributed by atoms with E-state index in [0.717, 1.165) is 22.0 Å². The van der Waals surface area contributed by atoms with Crippen LogP contribution in [0.2, 0.25) is 0 Å². The average molecular weight is 403 g/mol. The second-order valence-corrected chi connectivity index (χ2v) is 7.33. The molecule has 0 fully saturated rings. The number of aromatic nitrogens is 3. The van der Waals surface area contributed by atoms with E-state index in [1.807, 2.05) is 29.8 Å².